The molecule has 3 aromatic rings. The van der Waals surface area contributed by atoms with Crippen molar-refractivity contribution in [3.63, 3.8) is 0 Å². The lowest BCUT2D eigenvalue weighted by molar-refractivity contribution is 0.360. The molecule has 1 aromatic carbocycles. The number of nitrogens with one attached hydrogen (secondary N) is 2. The van der Waals surface area contributed by atoms with Crippen molar-refractivity contribution >= 4 is 44.1 Å². The number of aryl methyl sites for hydroxylation is 1. The number of nitrogens with two attached hydrogens (primary N) is 2. The molecule has 4 rings (SSSR count). The summed E-state index contributed by atoms with van der Waals surface area (Å²) in [6, 6.07) is 6.51. The number of hydrogen-bond donors (Lipinski definition) is 4. The van der Waals surface area contributed by atoms with Gasteiger partial charge in [-0.3, -0.25) is 0 Å². The Morgan fingerprint density at radius 1 is 1.13 bits per heavy atom. The van der Waals surface area contributed by atoms with Gasteiger partial charge < -0.3 is 22.1 Å². The fourth-order valence-electron chi connectivity index (χ4n) is 3.07. The topological polar surface area (TPSA) is 165 Å². The lowest BCUT2D eigenvalue weighted by Crippen LogP contribution is -2.46. The number of nitrogens with zero attached hydrogens (tertiary/aromatic N) is 5. The van der Waals surface area contributed by atoms with Crippen LogP contribution in [0.3, 0.4) is 0 Å². The van der Waals surface area contributed by atoms with Gasteiger partial charge in [-0.2, -0.15) is 19.3 Å². The zero-order chi connectivity index (χ0) is 21.3. The molecule has 6 N–H and O–H groups in total. The minimum Gasteiger partial charge on any atom is -0.375 e. The molecule has 1 aliphatic rings. The second-order valence-electron chi connectivity index (χ2n) is 6.61. The molecular weight excluding hydrogens is 426 g/mol. The highest BCUT2D eigenvalue weighted by molar-refractivity contribution is 7.89. The van der Waals surface area contributed by atoms with Gasteiger partial charge in [0.15, 0.2) is 11.0 Å². The molecule has 11 nitrogen and oxygen atoms in total. The maximum atomic E-state index is 12.9. The van der Waals surface area contributed by atoms with Crippen LogP contribution in [0.25, 0.3) is 10.7 Å². The van der Waals surface area contributed by atoms with Gasteiger partial charge in [0.1, 0.15) is 0 Å². The predicted octanol–water partition coefficient (Wildman–Crippen LogP) is 0.805. The lowest BCUT2D eigenvalue weighted by atomic mass is 10.3. The highest BCUT2D eigenvalue weighted by atomic mass is 32.2. The third-order valence-corrected chi connectivity index (χ3v) is 7.35. The molecule has 0 saturated carbocycles. The zero-order valence-electron chi connectivity index (χ0n) is 16.2. The van der Waals surface area contributed by atoms with Gasteiger partial charge in [0, 0.05) is 31.9 Å². The Hall–Kier alpha value is -2.87. The summed E-state index contributed by atoms with van der Waals surface area (Å²) in [5.74, 6) is 0.570. The second kappa shape index (κ2) is 8.10. The normalized spacial score (nSPS) is 15.2. The molecular formula is C17H21N9O2S2. The Bertz CT molecular complexity index is 1170. The second-order valence-corrected chi connectivity index (χ2v) is 9.58. The molecule has 1 saturated heterocycles. The van der Waals surface area contributed by atoms with E-state index in [0.29, 0.717) is 53.4 Å². The van der Waals surface area contributed by atoms with Crippen LogP contribution < -0.4 is 22.1 Å². The standard InChI is InChI=1S/C17H21N9O2S2/c1-10-13(29-16(19)21-10)14-23-15(18)25-17(24-14)22-11-3-2-4-12(9-11)30(27,28)26-7-5-20-6-8-26/h2-4,9,20H,5-8H2,1H3,(H2,19,21)(H3,18,22,23,24,25). The average molecular weight is 448 g/mol. The highest BCUT2D eigenvalue weighted by Crippen LogP contribution is 2.30. The summed E-state index contributed by atoms with van der Waals surface area (Å²) in [4.78, 5) is 17.7. The lowest BCUT2D eigenvalue weighted by Gasteiger charge is -2.26. The number of sulfonamides is 1. The SMILES string of the molecule is Cc1nc(N)sc1-c1nc(N)nc(Nc2cccc(S(=O)(=O)N3CCNCC3)c2)n1. The Morgan fingerprint density at radius 3 is 2.60 bits per heavy atom. The average Bonchev–Trinajstić information content (AvgIpc) is 3.06. The first-order valence-electron chi connectivity index (χ1n) is 9.16. The summed E-state index contributed by atoms with van der Waals surface area (Å²) in [7, 11) is -3.58. The number of rotatable bonds is 5. The monoisotopic (exact) mass is 447 g/mol. The number of aromatic nitrogens is 4. The van der Waals surface area contributed by atoms with Gasteiger partial charge >= 0.3 is 0 Å². The van der Waals surface area contributed by atoms with Gasteiger partial charge in [0.2, 0.25) is 21.9 Å². The Balaban J connectivity index is 1.62. The fraction of sp³-hybridized carbons (Fsp3) is 0.294. The van der Waals surface area contributed by atoms with Gasteiger partial charge in [-0.1, -0.05) is 17.4 Å². The number of hydrogen-bond acceptors (Lipinski definition) is 11. The highest BCUT2D eigenvalue weighted by Gasteiger charge is 2.26. The minimum atomic E-state index is -3.58. The van der Waals surface area contributed by atoms with Crippen molar-refractivity contribution in [2.45, 2.75) is 11.8 Å². The summed E-state index contributed by atoms with van der Waals surface area (Å²) >= 11 is 1.25. The number of anilines is 4. The van der Waals surface area contributed by atoms with Crippen LogP contribution in [-0.2, 0) is 10.0 Å². The fourth-order valence-corrected chi connectivity index (χ4v) is 5.33. The van der Waals surface area contributed by atoms with Crippen LogP contribution in [-0.4, -0.2) is 58.8 Å². The molecule has 0 bridgehead atoms. The number of piperazine rings is 1. The maximum Gasteiger partial charge on any atom is 0.243 e. The van der Waals surface area contributed by atoms with Crippen LogP contribution in [0, 0.1) is 6.92 Å². The van der Waals surface area contributed by atoms with Crippen molar-refractivity contribution in [3.8, 4) is 10.7 Å². The van der Waals surface area contributed by atoms with Crippen LogP contribution in [0.2, 0.25) is 0 Å². The van der Waals surface area contributed by atoms with E-state index in [2.05, 4.69) is 30.6 Å². The van der Waals surface area contributed by atoms with E-state index < -0.39 is 10.0 Å². The van der Waals surface area contributed by atoms with E-state index in [1.807, 2.05) is 0 Å². The molecule has 0 amide bonds. The van der Waals surface area contributed by atoms with Gasteiger partial charge in [-0.25, -0.2) is 13.4 Å². The summed E-state index contributed by atoms with van der Waals surface area (Å²) in [5.41, 5.74) is 12.8. The molecule has 158 valence electrons. The summed E-state index contributed by atoms with van der Waals surface area (Å²) in [5, 5.41) is 6.56. The van der Waals surface area contributed by atoms with Crippen LogP contribution in [0.5, 0.6) is 0 Å². The number of benzene rings is 1. The molecule has 2 aromatic heterocycles. The Kier molecular flexibility index (Phi) is 5.51. The maximum absolute atomic E-state index is 12.9. The molecule has 0 unspecified atom stereocenters. The van der Waals surface area contributed by atoms with E-state index >= 15 is 0 Å². The summed E-state index contributed by atoms with van der Waals surface area (Å²) in [6.45, 7) is 3.94. The van der Waals surface area contributed by atoms with E-state index in [4.69, 9.17) is 11.5 Å². The van der Waals surface area contributed by atoms with Crippen molar-refractivity contribution in [2.75, 3.05) is 43.0 Å². The molecule has 30 heavy (non-hydrogen) atoms. The van der Waals surface area contributed by atoms with Crippen LogP contribution in [0.15, 0.2) is 29.2 Å². The van der Waals surface area contributed by atoms with E-state index in [1.54, 1.807) is 31.2 Å². The first kappa shape index (κ1) is 20.4. The summed E-state index contributed by atoms with van der Waals surface area (Å²) < 4.78 is 27.3. The third kappa shape index (κ3) is 4.18. The quantitative estimate of drug-likeness (QED) is 0.439. The molecule has 0 radical (unpaired) electrons. The third-order valence-electron chi connectivity index (χ3n) is 4.47. The van der Waals surface area contributed by atoms with Crippen LogP contribution in [0.4, 0.5) is 22.7 Å². The van der Waals surface area contributed by atoms with E-state index in [-0.39, 0.29) is 16.8 Å². The summed E-state index contributed by atoms with van der Waals surface area (Å²) in [6.07, 6.45) is 0. The zero-order valence-corrected chi connectivity index (χ0v) is 17.8. The van der Waals surface area contributed by atoms with Crippen molar-refractivity contribution in [3.05, 3.63) is 30.0 Å². The smallest absolute Gasteiger partial charge is 0.243 e. The van der Waals surface area contributed by atoms with Gasteiger partial charge in [-0.15, -0.1) is 0 Å². The molecule has 1 fully saturated rings. The van der Waals surface area contributed by atoms with E-state index in [0.717, 1.165) is 0 Å². The molecule has 1 aliphatic heterocycles. The van der Waals surface area contributed by atoms with Gasteiger partial charge in [0.05, 0.1) is 15.5 Å². The van der Waals surface area contributed by atoms with E-state index in [9.17, 15) is 8.42 Å². The molecule has 0 atom stereocenters. The molecule has 0 spiro atoms. The van der Waals surface area contributed by atoms with Crippen LogP contribution in [0.1, 0.15) is 5.69 Å². The first-order chi connectivity index (χ1) is 14.3. The molecule has 3 heterocycles. The van der Waals surface area contributed by atoms with Crippen LogP contribution >= 0.6 is 11.3 Å². The van der Waals surface area contributed by atoms with Crippen molar-refractivity contribution in [2.24, 2.45) is 0 Å². The minimum absolute atomic E-state index is 0.0264. The van der Waals surface area contributed by atoms with Crippen molar-refractivity contribution in [1.29, 1.82) is 0 Å². The van der Waals surface area contributed by atoms with E-state index in [1.165, 1.54) is 15.6 Å². The Labute approximate surface area is 177 Å². The number of nitrogen functional groups attached to an aromatic ring is 2. The Morgan fingerprint density at radius 2 is 1.90 bits per heavy atom. The predicted molar refractivity (Wildman–Crippen MR) is 116 cm³/mol. The first-order valence-corrected chi connectivity index (χ1v) is 11.4. The van der Waals surface area contributed by atoms with Gasteiger partial charge in [-0.05, 0) is 25.1 Å². The molecule has 13 heteroatoms. The molecule has 0 aliphatic carbocycles. The van der Waals surface area contributed by atoms with Gasteiger partial charge in [0.25, 0.3) is 0 Å². The largest absolute Gasteiger partial charge is 0.375 e. The van der Waals surface area contributed by atoms with Crippen molar-refractivity contribution < 1.29 is 8.42 Å². The van der Waals surface area contributed by atoms with Crippen molar-refractivity contribution in [1.82, 2.24) is 29.6 Å². The number of thiazole rings is 1.